The molecule has 0 atom stereocenters. The molecule has 2 aromatic rings. The minimum Gasteiger partial charge on any atom is -0.497 e. The van der Waals surface area contributed by atoms with Crippen LogP contribution in [0.1, 0.15) is 18.4 Å². The number of hydrogen-bond donors (Lipinski definition) is 1. The molecule has 5 nitrogen and oxygen atoms in total. The van der Waals surface area contributed by atoms with Crippen LogP contribution < -0.4 is 9.47 Å². The highest BCUT2D eigenvalue weighted by atomic mass is 16.5. The van der Waals surface area contributed by atoms with Gasteiger partial charge >= 0.3 is 5.97 Å². The van der Waals surface area contributed by atoms with Gasteiger partial charge in [0.15, 0.2) is 0 Å². The van der Waals surface area contributed by atoms with Crippen molar-refractivity contribution in [2.75, 3.05) is 20.2 Å². The summed E-state index contributed by atoms with van der Waals surface area (Å²) < 4.78 is 11.0. The molecule has 0 aromatic heterocycles. The topological polar surface area (TPSA) is 59.0 Å². The van der Waals surface area contributed by atoms with E-state index in [1.165, 1.54) is 5.56 Å². The number of rotatable bonds is 6. The Bertz CT molecular complexity index is 706. The Morgan fingerprint density at radius 3 is 2.40 bits per heavy atom. The number of ether oxygens (including phenoxy) is 2. The first-order valence-electron chi connectivity index (χ1n) is 8.50. The van der Waals surface area contributed by atoms with Crippen molar-refractivity contribution in [3.05, 3.63) is 54.1 Å². The van der Waals surface area contributed by atoms with Gasteiger partial charge in [-0.3, -0.25) is 9.69 Å². The Labute approximate surface area is 147 Å². The summed E-state index contributed by atoms with van der Waals surface area (Å²) in [5, 5.41) is 9.06. The lowest BCUT2D eigenvalue weighted by molar-refractivity contribution is -0.143. The first kappa shape index (κ1) is 17.3. The van der Waals surface area contributed by atoms with Crippen LogP contribution in [0.2, 0.25) is 0 Å². The number of carboxylic acid groups (broad SMARTS) is 1. The highest BCUT2D eigenvalue weighted by Crippen LogP contribution is 2.26. The largest absolute Gasteiger partial charge is 0.497 e. The van der Waals surface area contributed by atoms with Gasteiger partial charge in [0.05, 0.1) is 13.0 Å². The molecule has 0 spiro atoms. The Morgan fingerprint density at radius 1 is 1.08 bits per heavy atom. The SMILES string of the molecule is COc1cccc(Oc2ccc(CN3CCC(C(=O)O)CC3)cc2)c1. The van der Waals surface area contributed by atoms with Gasteiger partial charge in [0, 0.05) is 12.6 Å². The van der Waals surface area contributed by atoms with Gasteiger partial charge in [-0.25, -0.2) is 0 Å². The van der Waals surface area contributed by atoms with E-state index in [-0.39, 0.29) is 5.92 Å². The average molecular weight is 341 g/mol. The standard InChI is InChI=1S/C20H23NO4/c1-24-18-3-2-4-19(13-18)25-17-7-5-15(6-8-17)14-21-11-9-16(10-12-21)20(22)23/h2-8,13,16H,9-12,14H2,1H3,(H,22,23). The van der Waals surface area contributed by atoms with Crippen LogP contribution in [0.4, 0.5) is 0 Å². The summed E-state index contributed by atoms with van der Waals surface area (Å²) in [6, 6.07) is 15.5. The van der Waals surface area contributed by atoms with Gasteiger partial charge in [-0.1, -0.05) is 18.2 Å². The molecule has 1 aliphatic heterocycles. The molecule has 3 rings (SSSR count). The molecule has 25 heavy (non-hydrogen) atoms. The third kappa shape index (κ3) is 4.73. The number of benzene rings is 2. The number of likely N-dealkylation sites (tertiary alicyclic amines) is 1. The number of carbonyl (C=O) groups is 1. The maximum atomic E-state index is 11.0. The van der Waals surface area contributed by atoms with E-state index in [4.69, 9.17) is 14.6 Å². The lowest BCUT2D eigenvalue weighted by atomic mass is 9.97. The predicted molar refractivity (Wildman–Crippen MR) is 95.1 cm³/mol. The van der Waals surface area contributed by atoms with Crippen molar-refractivity contribution in [3.8, 4) is 17.2 Å². The van der Waals surface area contributed by atoms with Gasteiger partial charge in [0.1, 0.15) is 17.2 Å². The molecule has 0 radical (unpaired) electrons. The van der Waals surface area contributed by atoms with Crippen molar-refractivity contribution in [1.29, 1.82) is 0 Å². The van der Waals surface area contributed by atoms with Crippen molar-refractivity contribution in [1.82, 2.24) is 4.90 Å². The summed E-state index contributed by atoms with van der Waals surface area (Å²) in [7, 11) is 1.63. The second-order valence-corrected chi connectivity index (χ2v) is 6.31. The third-order valence-corrected chi connectivity index (χ3v) is 4.54. The van der Waals surface area contributed by atoms with E-state index in [9.17, 15) is 4.79 Å². The molecule has 1 fully saturated rings. The lowest BCUT2D eigenvalue weighted by Gasteiger charge is -2.30. The zero-order chi connectivity index (χ0) is 17.6. The number of carboxylic acids is 1. The second kappa shape index (κ2) is 8.03. The Hall–Kier alpha value is -2.53. The first-order valence-corrected chi connectivity index (χ1v) is 8.50. The van der Waals surface area contributed by atoms with Crippen LogP contribution in [-0.4, -0.2) is 36.2 Å². The molecular formula is C20H23NO4. The molecule has 0 saturated carbocycles. The molecule has 2 aromatic carbocycles. The number of methoxy groups -OCH3 is 1. The van der Waals surface area contributed by atoms with Gasteiger partial charge in [0.2, 0.25) is 0 Å². The monoisotopic (exact) mass is 341 g/mol. The van der Waals surface area contributed by atoms with Gasteiger partial charge in [-0.05, 0) is 55.8 Å². The van der Waals surface area contributed by atoms with Crippen molar-refractivity contribution >= 4 is 5.97 Å². The van der Waals surface area contributed by atoms with Crippen LogP contribution in [0.25, 0.3) is 0 Å². The van der Waals surface area contributed by atoms with E-state index in [1.807, 2.05) is 36.4 Å². The van der Waals surface area contributed by atoms with E-state index in [2.05, 4.69) is 17.0 Å². The van der Waals surface area contributed by atoms with Crippen LogP contribution in [-0.2, 0) is 11.3 Å². The fraction of sp³-hybridized carbons (Fsp3) is 0.350. The van der Waals surface area contributed by atoms with Gasteiger partial charge in [0.25, 0.3) is 0 Å². The Balaban J connectivity index is 1.54. The van der Waals surface area contributed by atoms with Crippen molar-refractivity contribution < 1.29 is 19.4 Å². The Morgan fingerprint density at radius 2 is 1.76 bits per heavy atom. The van der Waals surface area contributed by atoms with Crippen LogP contribution in [0.5, 0.6) is 17.2 Å². The predicted octanol–water partition coefficient (Wildman–Crippen LogP) is 3.78. The smallest absolute Gasteiger partial charge is 0.306 e. The minimum absolute atomic E-state index is 0.185. The number of aliphatic carboxylic acids is 1. The fourth-order valence-electron chi connectivity index (χ4n) is 3.06. The molecule has 5 heteroatoms. The molecule has 0 amide bonds. The molecule has 0 aliphatic carbocycles. The molecule has 0 unspecified atom stereocenters. The van der Waals surface area contributed by atoms with Crippen LogP contribution in [0.15, 0.2) is 48.5 Å². The zero-order valence-corrected chi connectivity index (χ0v) is 14.4. The van der Waals surface area contributed by atoms with E-state index >= 15 is 0 Å². The molecule has 0 bridgehead atoms. The lowest BCUT2D eigenvalue weighted by Crippen LogP contribution is -2.35. The van der Waals surface area contributed by atoms with E-state index in [0.717, 1.165) is 49.7 Å². The second-order valence-electron chi connectivity index (χ2n) is 6.31. The molecular weight excluding hydrogens is 318 g/mol. The average Bonchev–Trinajstić information content (AvgIpc) is 2.64. The quantitative estimate of drug-likeness (QED) is 0.866. The maximum Gasteiger partial charge on any atom is 0.306 e. The highest BCUT2D eigenvalue weighted by molar-refractivity contribution is 5.70. The van der Waals surface area contributed by atoms with Gasteiger partial charge in [-0.15, -0.1) is 0 Å². The van der Waals surface area contributed by atoms with Crippen molar-refractivity contribution in [2.45, 2.75) is 19.4 Å². The normalized spacial score (nSPS) is 15.7. The third-order valence-electron chi connectivity index (χ3n) is 4.54. The molecule has 1 N–H and O–H groups in total. The fourth-order valence-corrected chi connectivity index (χ4v) is 3.06. The number of hydrogen-bond acceptors (Lipinski definition) is 4. The summed E-state index contributed by atoms with van der Waals surface area (Å²) in [6.45, 7) is 2.50. The Kier molecular flexibility index (Phi) is 5.56. The number of piperidine rings is 1. The highest BCUT2D eigenvalue weighted by Gasteiger charge is 2.24. The maximum absolute atomic E-state index is 11.0. The van der Waals surface area contributed by atoms with Gasteiger partial charge < -0.3 is 14.6 Å². The summed E-state index contributed by atoms with van der Waals surface area (Å²) >= 11 is 0. The first-order chi connectivity index (χ1) is 12.1. The zero-order valence-electron chi connectivity index (χ0n) is 14.4. The van der Waals surface area contributed by atoms with E-state index < -0.39 is 5.97 Å². The number of nitrogens with zero attached hydrogens (tertiary/aromatic N) is 1. The molecule has 132 valence electrons. The summed E-state index contributed by atoms with van der Waals surface area (Å²) in [4.78, 5) is 13.3. The van der Waals surface area contributed by atoms with E-state index in [0.29, 0.717) is 0 Å². The van der Waals surface area contributed by atoms with Crippen LogP contribution >= 0.6 is 0 Å². The van der Waals surface area contributed by atoms with Crippen LogP contribution in [0, 0.1) is 5.92 Å². The summed E-state index contributed by atoms with van der Waals surface area (Å²) in [5.41, 5.74) is 1.20. The summed E-state index contributed by atoms with van der Waals surface area (Å²) in [6.07, 6.45) is 1.46. The molecule has 1 heterocycles. The van der Waals surface area contributed by atoms with E-state index in [1.54, 1.807) is 7.11 Å². The van der Waals surface area contributed by atoms with Crippen molar-refractivity contribution in [3.63, 3.8) is 0 Å². The van der Waals surface area contributed by atoms with Crippen molar-refractivity contribution in [2.24, 2.45) is 5.92 Å². The molecule has 1 aliphatic rings. The van der Waals surface area contributed by atoms with Gasteiger partial charge in [-0.2, -0.15) is 0 Å². The van der Waals surface area contributed by atoms with Crippen LogP contribution in [0.3, 0.4) is 0 Å². The minimum atomic E-state index is -0.668. The summed E-state index contributed by atoms with van der Waals surface area (Å²) in [5.74, 6) is 1.43. The molecule has 1 saturated heterocycles.